The van der Waals surface area contributed by atoms with Crippen LogP contribution in [-0.4, -0.2) is 6.61 Å². The summed E-state index contributed by atoms with van der Waals surface area (Å²) < 4.78 is 5.28. The molecule has 1 nitrogen and oxygen atoms in total. The maximum absolute atomic E-state index is 5.28. The maximum atomic E-state index is 5.28. The largest absolute Gasteiger partial charge is 0.365 e. The second-order valence-corrected chi connectivity index (χ2v) is 4.95. The summed E-state index contributed by atoms with van der Waals surface area (Å²) in [4.78, 5) is 0. The highest BCUT2D eigenvalue weighted by atomic mass is 16.6. The monoisotopic (exact) mass is 252 g/mol. The second-order valence-electron chi connectivity index (χ2n) is 4.95. The SMILES string of the molecule is C=Cc1ccccc1C.CC1(c2ccccc2)CO1. The quantitative estimate of drug-likeness (QED) is 0.713. The zero-order chi connectivity index (χ0) is 13.7. The van der Waals surface area contributed by atoms with E-state index in [0.29, 0.717) is 0 Å². The van der Waals surface area contributed by atoms with Gasteiger partial charge in [-0.1, -0.05) is 67.3 Å². The van der Waals surface area contributed by atoms with Gasteiger partial charge in [0.1, 0.15) is 5.60 Å². The molecule has 0 spiro atoms. The van der Waals surface area contributed by atoms with Crippen molar-refractivity contribution >= 4 is 6.08 Å². The van der Waals surface area contributed by atoms with E-state index < -0.39 is 0 Å². The topological polar surface area (TPSA) is 12.5 Å². The summed E-state index contributed by atoms with van der Waals surface area (Å²) in [5, 5.41) is 0. The average molecular weight is 252 g/mol. The minimum Gasteiger partial charge on any atom is -0.365 e. The summed E-state index contributed by atoms with van der Waals surface area (Å²) in [5.74, 6) is 0. The third kappa shape index (κ3) is 3.55. The van der Waals surface area contributed by atoms with Crippen LogP contribution in [0.25, 0.3) is 6.08 Å². The molecular formula is C18H20O. The highest BCUT2D eigenvalue weighted by Crippen LogP contribution is 2.37. The zero-order valence-corrected chi connectivity index (χ0v) is 11.6. The van der Waals surface area contributed by atoms with E-state index in [1.165, 1.54) is 16.7 Å². The first-order valence-electron chi connectivity index (χ1n) is 6.53. The van der Waals surface area contributed by atoms with Gasteiger partial charge in [0.15, 0.2) is 0 Å². The van der Waals surface area contributed by atoms with E-state index in [1.807, 2.05) is 36.4 Å². The van der Waals surface area contributed by atoms with Crippen molar-refractivity contribution in [1.82, 2.24) is 0 Å². The van der Waals surface area contributed by atoms with E-state index in [4.69, 9.17) is 4.74 Å². The van der Waals surface area contributed by atoms with E-state index in [1.54, 1.807) is 0 Å². The number of hydrogen-bond donors (Lipinski definition) is 0. The van der Waals surface area contributed by atoms with Gasteiger partial charge in [0.25, 0.3) is 0 Å². The highest BCUT2D eigenvalue weighted by molar-refractivity contribution is 5.50. The molecule has 0 aromatic heterocycles. The molecule has 0 saturated carbocycles. The molecule has 3 rings (SSSR count). The van der Waals surface area contributed by atoms with Gasteiger partial charge in [-0.25, -0.2) is 0 Å². The number of benzene rings is 2. The summed E-state index contributed by atoms with van der Waals surface area (Å²) >= 11 is 0. The van der Waals surface area contributed by atoms with Gasteiger partial charge in [-0.05, 0) is 30.5 Å². The highest BCUT2D eigenvalue weighted by Gasteiger charge is 2.40. The molecule has 1 atom stereocenters. The third-order valence-corrected chi connectivity index (χ3v) is 3.37. The van der Waals surface area contributed by atoms with Gasteiger partial charge in [-0.15, -0.1) is 0 Å². The molecule has 1 unspecified atom stereocenters. The molecule has 1 aliphatic rings. The standard InChI is InChI=1S/C9H10O.C9H10/c1-9(7-10-9)8-5-3-2-4-6-8;1-3-9-7-5-4-6-8(9)2/h2-6H,7H2,1H3;3-7H,1H2,2H3. The zero-order valence-electron chi connectivity index (χ0n) is 11.6. The second kappa shape index (κ2) is 5.85. The molecule has 1 heterocycles. The van der Waals surface area contributed by atoms with Crippen molar-refractivity contribution in [3.63, 3.8) is 0 Å². The number of aryl methyl sites for hydroxylation is 1. The normalized spacial score (nSPS) is 20.1. The molecule has 1 aliphatic heterocycles. The van der Waals surface area contributed by atoms with Gasteiger partial charge in [0, 0.05) is 0 Å². The average Bonchev–Trinajstić information content (AvgIpc) is 3.20. The van der Waals surface area contributed by atoms with E-state index in [2.05, 4.69) is 44.7 Å². The number of epoxide rings is 1. The first-order chi connectivity index (χ1) is 9.15. The van der Waals surface area contributed by atoms with Crippen LogP contribution in [-0.2, 0) is 10.3 Å². The molecule has 0 radical (unpaired) electrons. The lowest BCUT2D eigenvalue weighted by Crippen LogP contribution is -2.00. The minimum atomic E-state index is 0.0429. The van der Waals surface area contributed by atoms with Gasteiger partial charge in [-0.2, -0.15) is 0 Å². The Hall–Kier alpha value is -1.86. The predicted molar refractivity (Wildman–Crippen MR) is 81.0 cm³/mol. The fourth-order valence-corrected chi connectivity index (χ4v) is 1.88. The van der Waals surface area contributed by atoms with Crippen LogP contribution in [0.5, 0.6) is 0 Å². The Kier molecular flexibility index (Phi) is 4.18. The van der Waals surface area contributed by atoms with Crippen LogP contribution in [0.1, 0.15) is 23.6 Å². The smallest absolute Gasteiger partial charge is 0.114 e. The fourth-order valence-electron chi connectivity index (χ4n) is 1.88. The third-order valence-electron chi connectivity index (χ3n) is 3.37. The van der Waals surface area contributed by atoms with E-state index in [9.17, 15) is 0 Å². The van der Waals surface area contributed by atoms with E-state index >= 15 is 0 Å². The van der Waals surface area contributed by atoms with Crippen LogP contribution < -0.4 is 0 Å². The molecule has 0 bridgehead atoms. The summed E-state index contributed by atoms with van der Waals surface area (Å²) in [6.07, 6.45) is 1.87. The molecule has 2 aromatic carbocycles. The Morgan fingerprint density at radius 1 is 1.05 bits per heavy atom. The summed E-state index contributed by atoms with van der Waals surface area (Å²) in [6.45, 7) is 8.76. The van der Waals surface area contributed by atoms with Crippen LogP contribution in [0.3, 0.4) is 0 Å². The lowest BCUT2D eigenvalue weighted by molar-refractivity contribution is 0.329. The summed E-state index contributed by atoms with van der Waals surface area (Å²) in [6, 6.07) is 18.5. The maximum Gasteiger partial charge on any atom is 0.114 e. The summed E-state index contributed by atoms with van der Waals surface area (Å²) in [5.41, 5.74) is 3.83. The predicted octanol–water partition coefficient (Wildman–Crippen LogP) is 4.57. The van der Waals surface area contributed by atoms with Crippen molar-refractivity contribution in [3.05, 3.63) is 77.9 Å². The Bertz CT molecular complexity index is 539. The van der Waals surface area contributed by atoms with Crippen LogP contribution >= 0.6 is 0 Å². The molecular weight excluding hydrogens is 232 g/mol. The molecule has 98 valence electrons. The number of hydrogen-bond acceptors (Lipinski definition) is 1. The summed E-state index contributed by atoms with van der Waals surface area (Å²) in [7, 11) is 0. The first-order valence-corrected chi connectivity index (χ1v) is 6.53. The van der Waals surface area contributed by atoms with Crippen molar-refractivity contribution in [2.75, 3.05) is 6.61 Å². The molecule has 1 fully saturated rings. The van der Waals surface area contributed by atoms with Crippen molar-refractivity contribution in [2.45, 2.75) is 19.4 Å². The minimum absolute atomic E-state index is 0.0429. The first kappa shape index (κ1) is 13.6. The van der Waals surface area contributed by atoms with Gasteiger partial charge in [0.05, 0.1) is 6.61 Å². The molecule has 19 heavy (non-hydrogen) atoms. The van der Waals surface area contributed by atoms with Crippen molar-refractivity contribution in [3.8, 4) is 0 Å². The Morgan fingerprint density at radius 3 is 2.11 bits per heavy atom. The number of rotatable bonds is 2. The van der Waals surface area contributed by atoms with Crippen LogP contribution in [0, 0.1) is 6.92 Å². The van der Waals surface area contributed by atoms with Crippen LogP contribution in [0.2, 0.25) is 0 Å². The Labute approximate surface area is 115 Å². The van der Waals surface area contributed by atoms with Gasteiger partial charge in [0.2, 0.25) is 0 Å². The van der Waals surface area contributed by atoms with Gasteiger partial charge in [-0.3, -0.25) is 0 Å². The Morgan fingerprint density at radius 2 is 1.63 bits per heavy atom. The van der Waals surface area contributed by atoms with Crippen molar-refractivity contribution in [1.29, 1.82) is 0 Å². The molecule has 2 aromatic rings. The Balaban J connectivity index is 0.000000141. The van der Waals surface area contributed by atoms with Crippen molar-refractivity contribution in [2.24, 2.45) is 0 Å². The van der Waals surface area contributed by atoms with E-state index in [0.717, 1.165) is 6.61 Å². The molecule has 1 heteroatoms. The molecule has 0 aliphatic carbocycles. The lowest BCUT2D eigenvalue weighted by Gasteiger charge is -2.02. The van der Waals surface area contributed by atoms with Crippen LogP contribution in [0.4, 0.5) is 0 Å². The fraction of sp³-hybridized carbons (Fsp3) is 0.222. The van der Waals surface area contributed by atoms with Crippen molar-refractivity contribution < 1.29 is 4.74 Å². The van der Waals surface area contributed by atoms with Gasteiger partial charge < -0.3 is 4.74 Å². The lowest BCUT2D eigenvalue weighted by atomic mass is 10.0. The van der Waals surface area contributed by atoms with Gasteiger partial charge >= 0.3 is 0 Å². The molecule has 1 saturated heterocycles. The number of ether oxygens (including phenoxy) is 1. The van der Waals surface area contributed by atoms with E-state index in [-0.39, 0.29) is 5.60 Å². The molecule has 0 N–H and O–H groups in total. The molecule has 0 amide bonds. The van der Waals surface area contributed by atoms with Crippen LogP contribution in [0.15, 0.2) is 61.2 Å².